The number of rotatable bonds is 8. The Morgan fingerprint density at radius 2 is 1.83 bits per heavy atom. The van der Waals surface area contributed by atoms with Crippen molar-refractivity contribution in [1.82, 2.24) is 20.1 Å². The monoisotopic (exact) mass is 426 g/mol. The summed E-state index contributed by atoms with van der Waals surface area (Å²) in [5.74, 6) is 1.84. The average Bonchev–Trinajstić information content (AvgIpc) is 3.51. The van der Waals surface area contributed by atoms with E-state index in [0.717, 1.165) is 28.7 Å². The van der Waals surface area contributed by atoms with Gasteiger partial charge < -0.3 is 9.88 Å². The molecule has 1 saturated carbocycles. The highest BCUT2D eigenvalue weighted by Gasteiger charge is 2.30. The quantitative estimate of drug-likeness (QED) is 0.524. The molecule has 5 nitrogen and oxygen atoms in total. The number of thioether (sulfide) groups is 1. The van der Waals surface area contributed by atoms with Crippen molar-refractivity contribution >= 4 is 29.3 Å². The van der Waals surface area contributed by atoms with Gasteiger partial charge in [-0.2, -0.15) is 0 Å². The third-order valence-electron chi connectivity index (χ3n) is 4.98. The van der Waals surface area contributed by atoms with Gasteiger partial charge in [0.1, 0.15) is 5.82 Å². The molecule has 150 valence electrons. The molecule has 1 amide bonds. The minimum atomic E-state index is -0.229. The van der Waals surface area contributed by atoms with E-state index in [4.69, 9.17) is 11.6 Å². The molecule has 1 aromatic heterocycles. The number of nitrogens with zero attached hydrogens (tertiary/aromatic N) is 3. The van der Waals surface area contributed by atoms with Crippen LogP contribution in [0.3, 0.4) is 0 Å². The summed E-state index contributed by atoms with van der Waals surface area (Å²) in [6.45, 7) is 2.91. The van der Waals surface area contributed by atoms with Gasteiger partial charge in [0, 0.05) is 17.5 Å². The van der Waals surface area contributed by atoms with Crippen LogP contribution in [0.15, 0.2) is 59.8 Å². The van der Waals surface area contributed by atoms with E-state index in [2.05, 4.69) is 27.0 Å². The molecule has 1 aliphatic carbocycles. The van der Waals surface area contributed by atoms with Gasteiger partial charge in [0.25, 0.3) is 0 Å². The Morgan fingerprint density at radius 3 is 2.48 bits per heavy atom. The molecule has 1 fully saturated rings. The SMILES string of the molecule is CCn1c(SCC(=O)NC(c2ccccc2)c2ccc(Cl)cc2)nnc1C1CC1. The van der Waals surface area contributed by atoms with Crippen LogP contribution in [0.4, 0.5) is 0 Å². The molecule has 0 saturated heterocycles. The van der Waals surface area contributed by atoms with Gasteiger partial charge >= 0.3 is 0 Å². The summed E-state index contributed by atoms with van der Waals surface area (Å²) in [6.07, 6.45) is 2.37. The largest absolute Gasteiger partial charge is 0.344 e. The van der Waals surface area contributed by atoms with Crippen LogP contribution in [0.1, 0.15) is 48.7 Å². The smallest absolute Gasteiger partial charge is 0.231 e. The van der Waals surface area contributed by atoms with Gasteiger partial charge in [-0.15, -0.1) is 10.2 Å². The van der Waals surface area contributed by atoms with Crippen LogP contribution in [0.25, 0.3) is 0 Å². The van der Waals surface area contributed by atoms with Gasteiger partial charge in [-0.3, -0.25) is 4.79 Å². The van der Waals surface area contributed by atoms with Crippen LogP contribution >= 0.6 is 23.4 Å². The van der Waals surface area contributed by atoms with Gasteiger partial charge in [0.05, 0.1) is 11.8 Å². The molecule has 29 heavy (non-hydrogen) atoms. The minimum absolute atomic E-state index is 0.0440. The van der Waals surface area contributed by atoms with Crippen LogP contribution in [0, 0.1) is 0 Å². The number of carbonyl (C=O) groups excluding carboxylic acids is 1. The first-order chi connectivity index (χ1) is 14.2. The van der Waals surface area contributed by atoms with Gasteiger partial charge in [0.15, 0.2) is 5.16 Å². The molecule has 0 radical (unpaired) electrons. The molecular formula is C22H23ClN4OS. The molecule has 0 aliphatic heterocycles. The summed E-state index contributed by atoms with van der Waals surface area (Å²) in [4.78, 5) is 12.8. The fourth-order valence-corrected chi connectivity index (χ4v) is 4.29. The van der Waals surface area contributed by atoms with E-state index in [9.17, 15) is 4.79 Å². The van der Waals surface area contributed by atoms with E-state index >= 15 is 0 Å². The first kappa shape index (κ1) is 20.0. The van der Waals surface area contributed by atoms with Crippen LogP contribution in [0.2, 0.25) is 5.02 Å². The maximum atomic E-state index is 12.8. The van der Waals surface area contributed by atoms with Crippen molar-refractivity contribution in [2.75, 3.05) is 5.75 Å². The van der Waals surface area contributed by atoms with Crippen molar-refractivity contribution in [3.05, 3.63) is 76.6 Å². The summed E-state index contributed by atoms with van der Waals surface area (Å²) >= 11 is 7.47. The Morgan fingerprint density at radius 1 is 1.14 bits per heavy atom. The molecular weight excluding hydrogens is 404 g/mol. The summed E-state index contributed by atoms with van der Waals surface area (Å²) in [5, 5.41) is 13.3. The molecule has 7 heteroatoms. The van der Waals surface area contributed by atoms with Crippen molar-refractivity contribution in [3.63, 3.8) is 0 Å². The molecule has 4 rings (SSSR count). The second-order valence-electron chi connectivity index (χ2n) is 7.11. The topological polar surface area (TPSA) is 59.8 Å². The Hall–Kier alpha value is -2.31. The van der Waals surface area contributed by atoms with E-state index < -0.39 is 0 Å². The molecule has 2 aromatic carbocycles. The Kier molecular flexibility index (Phi) is 6.21. The van der Waals surface area contributed by atoms with Crippen molar-refractivity contribution in [2.24, 2.45) is 0 Å². The van der Waals surface area contributed by atoms with Crippen LogP contribution in [0.5, 0.6) is 0 Å². The van der Waals surface area contributed by atoms with Gasteiger partial charge in [-0.1, -0.05) is 65.8 Å². The Balaban J connectivity index is 1.46. The summed E-state index contributed by atoms with van der Waals surface area (Å²) in [7, 11) is 0. The zero-order chi connectivity index (χ0) is 20.2. The van der Waals surface area contributed by atoms with Gasteiger partial charge in [0.2, 0.25) is 5.91 Å². The van der Waals surface area contributed by atoms with Crippen LogP contribution < -0.4 is 5.32 Å². The zero-order valence-corrected chi connectivity index (χ0v) is 17.8. The Bertz CT molecular complexity index is 970. The van der Waals surface area contributed by atoms with Crippen molar-refractivity contribution < 1.29 is 4.79 Å². The maximum Gasteiger partial charge on any atom is 0.231 e. The summed E-state index contributed by atoms with van der Waals surface area (Å²) in [6, 6.07) is 17.3. The lowest BCUT2D eigenvalue weighted by Gasteiger charge is -2.20. The molecule has 0 spiro atoms. The number of hydrogen-bond acceptors (Lipinski definition) is 4. The molecule has 0 bridgehead atoms. The van der Waals surface area contributed by atoms with E-state index in [-0.39, 0.29) is 11.9 Å². The maximum absolute atomic E-state index is 12.8. The number of aromatic nitrogens is 3. The lowest BCUT2D eigenvalue weighted by molar-refractivity contribution is -0.119. The number of amides is 1. The fourth-order valence-electron chi connectivity index (χ4n) is 3.34. The summed E-state index contributed by atoms with van der Waals surface area (Å²) < 4.78 is 2.13. The fraction of sp³-hybridized carbons (Fsp3) is 0.318. The minimum Gasteiger partial charge on any atom is -0.344 e. The van der Waals surface area contributed by atoms with Gasteiger partial charge in [-0.25, -0.2) is 0 Å². The highest BCUT2D eigenvalue weighted by Crippen LogP contribution is 2.40. The van der Waals surface area contributed by atoms with E-state index in [1.807, 2.05) is 54.6 Å². The van der Waals surface area contributed by atoms with Crippen molar-refractivity contribution in [2.45, 2.75) is 43.4 Å². The first-order valence-electron chi connectivity index (χ1n) is 9.81. The predicted molar refractivity (Wildman–Crippen MR) is 116 cm³/mol. The number of nitrogens with one attached hydrogen (secondary N) is 1. The van der Waals surface area contributed by atoms with E-state index in [0.29, 0.717) is 16.7 Å². The van der Waals surface area contributed by atoms with Crippen LogP contribution in [-0.2, 0) is 11.3 Å². The molecule has 1 atom stereocenters. The van der Waals surface area contributed by atoms with E-state index in [1.54, 1.807) is 0 Å². The van der Waals surface area contributed by atoms with Crippen molar-refractivity contribution in [3.8, 4) is 0 Å². The zero-order valence-electron chi connectivity index (χ0n) is 16.2. The second kappa shape index (κ2) is 9.01. The Labute approximate surface area is 179 Å². The highest BCUT2D eigenvalue weighted by atomic mass is 35.5. The molecule has 3 aromatic rings. The number of hydrogen-bond donors (Lipinski definition) is 1. The lowest BCUT2D eigenvalue weighted by Crippen LogP contribution is -2.30. The third kappa shape index (κ3) is 4.82. The molecule has 1 aliphatic rings. The average molecular weight is 427 g/mol. The van der Waals surface area contributed by atoms with E-state index in [1.165, 1.54) is 24.6 Å². The second-order valence-corrected chi connectivity index (χ2v) is 8.49. The standard InChI is InChI=1S/C22H23ClN4OS/c1-2-27-21(17-8-9-17)25-26-22(27)29-14-19(28)24-20(15-6-4-3-5-7-15)16-10-12-18(23)13-11-16/h3-7,10-13,17,20H,2,8-9,14H2,1H3,(H,24,28). The third-order valence-corrected chi connectivity index (χ3v) is 6.20. The van der Waals surface area contributed by atoms with Crippen LogP contribution in [-0.4, -0.2) is 26.4 Å². The number of carbonyl (C=O) groups is 1. The number of benzene rings is 2. The highest BCUT2D eigenvalue weighted by molar-refractivity contribution is 7.99. The summed E-state index contributed by atoms with van der Waals surface area (Å²) in [5.41, 5.74) is 2.02. The molecule has 1 heterocycles. The molecule has 1 unspecified atom stereocenters. The van der Waals surface area contributed by atoms with Gasteiger partial charge in [-0.05, 0) is 43.0 Å². The van der Waals surface area contributed by atoms with Crippen molar-refractivity contribution in [1.29, 1.82) is 0 Å². The normalized spacial score (nSPS) is 14.6. The first-order valence-corrected chi connectivity index (χ1v) is 11.2. The molecule has 1 N–H and O–H groups in total. The predicted octanol–water partition coefficient (Wildman–Crippen LogP) is 4.83. The lowest BCUT2D eigenvalue weighted by atomic mass is 9.99. The number of halogens is 1.